The molecule has 1 aliphatic rings. The van der Waals surface area contributed by atoms with E-state index in [4.69, 9.17) is 0 Å². The van der Waals surface area contributed by atoms with Gasteiger partial charge in [-0.2, -0.15) is 0 Å². The number of sulfonamides is 1. The van der Waals surface area contributed by atoms with E-state index in [1.54, 1.807) is 24.3 Å². The minimum absolute atomic E-state index is 0.145. The Kier molecular flexibility index (Phi) is 6.33. The normalized spacial score (nSPS) is 16.4. The fraction of sp³-hybridized carbons (Fsp3) is 0.269. The van der Waals surface area contributed by atoms with Crippen LogP contribution in [0.5, 0.6) is 0 Å². The zero-order chi connectivity index (χ0) is 22.7. The number of benzene rings is 3. The second-order valence-electron chi connectivity index (χ2n) is 8.32. The van der Waals surface area contributed by atoms with E-state index in [2.05, 4.69) is 17.4 Å². The zero-order valence-electron chi connectivity index (χ0n) is 18.4. The number of hydrogen-bond acceptors (Lipinski definition) is 3. The fourth-order valence-corrected chi connectivity index (χ4v) is 5.86. The van der Waals surface area contributed by atoms with Gasteiger partial charge in [0.15, 0.2) is 0 Å². The predicted octanol–water partition coefficient (Wildman–Crippen LogP) is 4.75. The molecule has 166 valence electrons. The molecule has 1 amide bonds. The van der Waals surface area contributed by atoms with Gasteiger partial charge in [-0.25, -0.2) is 8.42 Å². The van der Waals surface area contributed by atoms with Gasteiger partial charge in [0.1, 0.15) is 0 Å². The molecule has 0 saturated carbocycles. The van der Waals surface area contributed by atoms with Crippen LogP contribution in [0.2, 0.25) is 0 Å². The van der Waals surface area contributed by atoms with Crippen molar-refractivity contribution in [3.63, 3.8) is 0 Å². The first-order chi connectivity index (χ1) is 15.3. The molecule has 1 saturated heterocycles. The van der Waals surface area contributed by atoms with Gasteiger partial charge < -0.3 is 5.32 Å². The minimum atomic E-state index is -3.34. The Bertz CT molecular complexity index is 1220. The predicted molar refractivity (Wildman–Crippen MR) is 128 cm³/mol. The second kappa shape index (κ2) is 9.17. The van der Waals surface area contributed by atoms with Gasteiger partial charge in [0.05, 0.1) is 17.5 Å². The summed E-state index contributed by atoms with van der Waals surface area (Å²) in [5, 5.41) is 3.17. The maximum Gasteiger partial charge on any atom is 0.252 e. The number of rotatable bonds is 5. The molecule has 0 aliphatic carbocycles. The third-order valence-corrected chi connectivity index (χ3v) is 7.76. The van der Waals surface area contributed by atoms with E-state index >= 15 is 0 Å². The second-order valence-corrected chi connectivity index (χ2v) is 10.3. The quantitative estimate of drug-likeness (QED) is 0.612. The standard InChI is InChI=1S/C26H28N2O3S/c1-19-13-14-24(20(2)17-19)25(21-9-4-3-5-10-21)27-26(29)22-11-8-12-23(18-22)28-15-6-7-16-32(28,30)31/h3-5,8-14,17-18,25H,6-7,15-16H2,1-2H3,(H,27,29). The van der Waals surface area contributed by atoms with E-state index < -0.39 is 10.0 Å². The van der Waals surface area contributed by atoms with Crippen LogP contribution in [0.3, 0.4) is 0 Å². The molecular weight excluding hydrogens is 420 g/mol. The molecule has 1 fully saturated rings. The molecule has 1 aliphatic heterocycles. The van der Waals surface area contributed by atoms with Crippen molar-refractivity contribution >= 4 is 21.6 Å². The summed E-state index contributed by atoms with van der Waals surface area (Å²) in [6, 6.07) is 22.6. The SMILES string of the molecule is Cc1ccc(C(NC(=O)c2cccc(N3CCCCS3(=O)=O)c2)c2ccccc2)c(C)c1. The molecule has 32 heavy (non-hydrogen) atoms. The van der Waals surface area contributed by atoms with Gasteiger partial charge in [-0.15, -0.1) is 0 Å². The summed E-state index contributed by atoms with van der Waals surface area (Å²) in [6.45, 7) is 4.54. The van der Waals surface area contributed by atoms with Crippen molar-refractivity contribution in [1.29, 1.82) is 0 Å². The van der Waals surface area contributed by atoms with Gasteiger partial charge in [-0.3, -0.25) is 9.10 Å². The van der Waals surface area contributed by atoms with E-state index in [-0.39, 0.29) is 17.7 Å². The number of nitrogens with zero attached hydrogens (tertiary/aromatic N) is 1. The topological polar surface area (TPSA) is 66.5 Å². The highest BCUT2D eigenvalue weighted by Gasteiger charge is 2.27. The third-order valence-electron chi connectivity index (χ3n) is 5.89. The van der Waals surface area contributed by atoms with Gasteiger partial charge in [0.25, 0.3) is 5.91 Å². The number of hydrogen-bond donors (Lipinski definition) is 1. The number of carbonyl (C=O) groups is 1. The highest BCUT2D eigenvalue weighted by atomic mass is 32.2. The summed E-state index contributed by atoms with van der Waals surface area (Å²) in [5.74, 6) is -0.0956. The average Bonchev–Trinajstić information content (AvgIpc) is 2.78. The summed E-state index contributed by atoms with van der Waals surface area (Å²) in [6.07, 6.45) is 1.49. The first kappa shape index (κ1) is 22.1. The maximum atomic E-state index is 13.3. The van der Waals surface area contributed by atoms with Crippen LogP contribution in [-0.2, 0) is 10.0 Å². The lowest BCUT2D eigenvalue weighted by atomic mass is 9.93. The monoisotopic (exact) mass is 448 g/mol. The molecule has 3 aromatic carbocycles. The number of amides is 1. The molecule has 1 N–H and O–H groups in total. The Balaban J connectivity index is 1.66. The molecular formula is C26H28N2O3S. The van der Waals surface area contributed by atoms with Crippen molar-refractivity contribution < 1.29 is 13.2 Å². The molecule has 1 atom stereocenters. The van der Waals surface area contributed by atoms with Crippen LogP contribution < -0.4 is 9.62 Å². The highest BCUT2D eigenvalue weighted by molar-refractivity contribution is 7.92. The smallest absolute Gasteiger partial charge is 0.252 e. The molecule has 1 heterocycles. The Labute approximate surface area is 190 Å². The van der Waals surface area contributed by atoms with Crippen molar-refractivity contribution in [2.75, 3.05) is 16.6 Å². The van der Waals surface area contributed by atoms with Crippen LogP contribution in [0.15, 0.2) is 72.8 Å². The number of anilines is 1. The van der Waals surface area contributed by atoms with Crippen molar-refractivity contribution in [1.82, 2.24) is 5.32 Å². The van der Waals surface area contributed by atoms with Gasteiger partial charge in [0.2, 0.25) is 10.0 Å². The first-order valence-corrected chi connectivity index (χ1v) is 12.5. The Hall–Kier alpha value is -3.12. The van der Waals surface area contributed by atoms with E-state index in [0.29, 0.717) is 24.2 Å². The first-order valence-electron chi connectivity index (χ1n) is 10.9. The molecule has 6 heteroatoms. The third kappa shape index (κ3) is 4.70. The fourth-order valence-electron chi connectivity index (χ4n) is 4.23. The van der Waals surface area contributed by atoms with E-state index in [0.717, 1.165) is 23.1 Å². The Morgan fingerprint density at radius 2 is 1.72 bits per heavy atom. The Morgan fingerprint density at radius 3 is 2.44 bits per heavy atom. The van der Waals surface area contributed by atoms with Crippen molar-refractivity contribution in [2.24, 2.45) is 0 Å². The van der Waals surface area contributed by atoms with Crippen LogP contribution in [0.4, 0.5) is 5.69 Å². The number of nitrogens with one attached hydrogen (secondary N) is 1. The molecule has 1 unspecified atom stereocenters. The van der Waals surface area contributed by atoms with Gasteiger partial charge >= 0.3 is 0 Å². The summed E-state index contributed by atoms with van der Waals surface area (Å²) in [5.41, 5.74) is 5.27. The molecule has 0 radical (unpaired) electrons. The minimum Gasteiger partial charge on any atom is -0.341 e. The summed E-state index contributed by atoms with van der Waals surface area (Å²) < 4.78 is 26.4. The van der Waals surface area contributed by atoms with E-state index in [1.807, 2.05) is 50.2 Å². The molecule has 5 nitrogen and oxygen atoms in total. The van der Waals surface area contributed by atoms with Crippen LogP contribution in [-0.4, -0.2) is 26.6 Å². The van der Waals surface area contributed by atoms with Crippen LogP contribution in [0.25, 0.3) is 0 Å². The van der Waals surface area contributed by atoms with E-state index in [1.165, 1.54) is 9.87 Å². The van der Waals surface area contributed by atoms with Gasteiger partial charge in [-0.05, 0) is 61.6 Å². The lowest BCUT2D eigenvalue weighted by Gasteiger charge is -2.28. The highest BCUT2D eigenvalue weighted by Crippen LogP contribution is 2.28. The molecule has 3 aromatic rings. The zero-order valence-corrected chi connectivity index (χ0v) is 19.2. The summed E-state index contributed by atoms with van der Waals surface area (Å²) in [4.78, 5) is 13.3. The van der Waals surface area contributed by atoms with Gasteiger partial charge in [0, 0.05) is 12.1 Å². The largest absolute Gasteiger partial charge is 0.341 e. The van der Waals surface area contributed by atoms with Crippen molar-refractivity contribution in [3.8, 4) is 0 Å². The van der Waals surface area contributed by atoms with Crippen LogP contribution in [0.1, 0.15) is 51.5 Å². The molecule has 4 rings (SSSR count). The maximum absolute atomic E-state index is 13.3. The lowest BCUT2D eigenvalue weighted by Crippen LogP contribution is -2.38. The average molecular weight is 449 g/mol. The van der Waals surface area contributed by atoms with E-state index in [9.17, 15) is 13.2 Å². The molecule has 0 spiro atoms. The van der Waals surface area contributed by atoms with Crippen molar-refractivity contribution in [3.05, 3.63) is 101 Å². The summed E-state index contributed by atoms with van der Waals surface area (Å²) >= 11 is 0. The van der Waals surface area contributed by atoms with Crippen LogP contribution in [0, 0.1) is 13.8 Å². The number of carbonyl (C=O) groups excluding carboxylic acids is 1. The van der Waals surface area contributed by atoms with Crippen LogP contribution >= 0.6 is 0 Å². The van der Waals surface area contributed by atoms with Gasteiger partial charge in [-0.1, -0.05) is 60.2 Å². The Morgan fingerprint density at radius 1 is 0.938 bits per heavy atom. The lowest BCUT2D eigenvalue weighted by molar-refractivity contribution is 0.0943. The van der Waals surface area contributed by atoms with Crippen molar-refractivity contribution in [2.45, 2.75) is 32.7 Å². The summed E-state index contributed by atoms with van der Waals surface area (Å²) in [7, 11) is -3.34. The molecule has 0 aromatic heterocycles. The number of aryl methyl sites for hydroxylation is 2. The molecule has 0 bridgehead atoms.